The Labute approximate surface area is 130 Å². The number of nitrogens with zero attached hydrogens (tertiary/aromatic N) is 1. The maximum atomic E-state index is 12.8. The largest absolute Gasteiger partial charge is 0.496 e. The van der Waals surface area contributed by atoms with Crippen molar-refractivity contribution in [3.8, 4) is 5.75 Å². The number of sulfonamides is 1. The van der Waals surface area contributed by atoms with Crippen LogP contribution in [0, 0.1) is 13.8 Å². The van der Waals surface area contributed by atoms with Crippen LogP contribution < -0.4 is 4.74 Å². The van der Waals surface area contributed by atoms with Gasteiger partial charge < -0.3 is 9.84 Å². The van der Waals surface area contributed by atoms with Crippen LogP contribution in [0.1, 0.15) is 17.5 Å². The molecule has 7 heteroatoms. The molecule has 0 radical (unpaired) electrons. The Morgan fingerprint density at radius 3 is 2.36 bits per heavy atom. The first-order valence-corrected chi connectivity index (χ1v) is 8.28. The Bertz CT molecular complexity index is 700. The molecule has 22 heavy (non-hydrogen) atoms. The van der Waals surface area contributed by atoms with Gasteiger partial charge in [-0.15, -0.1) is 0 Å². The van der Waals surface area contributed by atoms with Gasteiger partial charge in [-0.2, -0.15) is 4.31 Å². The number of hydrogen-bond acceptors (Lipinski definition) is 4. The molecule has 1 aliphatic rings. The molecule has 1 unspecified atom stereocenters. The number of carboxylic acids is 1. The number of aliphatic carboxylic acids is 1. The third-order valence-corrected chi connectivity index (χ3v) is 5.54. The zero-order valence-corrected chi connectivity index (χ0v) is 13.6. The second kappa shape index (κ2) is 6.10. The highest BCUT2D eigenvalue weighted by Crippen LogP contribution is 2.29. The fraction of sp³-hybridized carbons (Fsp3) is 0.400. The molecule has 120 valence electrons. The zero-order chi connectivity index (χ0) is 16.5. The number of rotatable bonds is 4. The third-order valence-electron chi connectivity index (χ3n) is 3.69. The Morgan fingerprint density at radius 2 is 1.86 bits per heavy atom. The minimum atomic E-state index is -3.88. The zero-order valence-electron chi connectivity index (χ0n) is 12.7. The topological polar surface area (TPSA) is 83.9 Å². The van der Waals surface area contributed by atoms with E-state index < -0.39 is 22.0 Å². The number of carbonyl (C=O) groups is 1. The fourth-order valence-electron chi connectivity index (χ4n) is 2.65. The van der Waals surface area contributed by atoms with E-state index in [9.17, 15) is 18.3 Å². The predicted molar refractivity (Wildman–Crippen MR) is 81.5 cm³/mol. The summed E-state index contributed by atoms with van der Waals surface area (Å²) in [5, 5.41) is 9.25. The van der Waals surface area contributed by atoms with Crippen LogP contribution in [-0.4, -0.2) is 43.5 Å². The lowest BCUT2D eigenvalue weighted by atomic mass is 10.1. The fourth-order valence-corrected chi connectivity index (χ4v) is 4.37. The molecule has 0 aromatic heterocycles. The van der Waals surface area contributed by atoms with Gasteiger partial charge in [0.1, 0.15) is 11.8 Å². The van der Waals surface area contributed by atoms with Gasteiger partial charge in [0.05, 0.1) is 12.0 Å². The van der Waals surface area contributed by atoms with Crippen molar-refractivity contribution < 1.29 is 23.1 Å². The van der Waals surface area contributed by atoms with Gasteiger partial charge in [-0.05, 0) is 43.5 Å². The molecule has 0 saturated heterocycles. The van der Waals surface area contributed by atoms with E-state index in [2.05, 4.69) is 0 Å². The summed E-state index contributed by atoms with van der Waals surface area (Å²) in [5.41, 5.74) is 1.39. The van der Waals surface area contributed by atoms with Gasteiger partial charge in [-0.3, -0.25) is 4.79 Å². The second-order valence-corrected chi connectivity index (χ2v) is 7.12. The van der Waals surface area contributed by atoms with E-state index in [-0.39, 0.29) is 17.9 Å². The molecule has 1 heterocycles. The van der Waals surface area contributed by atoms with E-state index in [1.165, 1.54) is 19.2 Å². The maximum absolute atomic E-state index is 12.8. The Kier molecular flexibility index (Phi) is 4.58. The van der Waals surface area contributed by atoms with Gasteiger partial charge in [-0.25, -0.2) is 8.42 Å². The number of ether oxygens (including phenoxy) is 1. The average Bonchev–Trinajstić information content (AvgIpc) is 2.46. The standard InChI is InChI=1S/C15H19NO5S/c1-10-8-12(9-11(2)14(10)21-3)22(19,20)16-7-5-4-6-13(16)15(17)18/h4-5,8-9,13H,6-7H2,1-3H3,(H,17,18). The Morgan fingerprint density at radius 1 is 1.27 bits per heavy atom. The molecule has 0 aliphatic carbocycles. The molecular formula is C15H19NO5S. The summed E-state index contributed by atoms with van der Waals surface area (Å²) in [6, 6.07) is 1.95. The van der Waals surface area contributed by atoms with Crippen LogP contribution in [-0.2, 0) is 14.8 Å². The molecule has 0 spiro atoms. The molecule has 1 aromatic carbocycles. The molecule has 1 atom stereocenters. The van der Waals surface area contributed by atoms with E-state index in [4.69, 9.17) is 4.74 Å². The highest BCUT2D eigenvalue weighted by molar-refractivity contribution is 7.89. The molecule has 0 fully saturated rings. The first kappa shape index (κ1) is 16.5. The van der Waals surface area contributed by atoms with E-state index in [1.54, 1.807) is 26.0 Å². The van der Waals surface area contributed by atoms with Crippen LogP contribution in [0.3, 0.4) is 0 Å². The highest BCUT2D eigenvalue weighted by Gasteiger charge is 2.36. The van der Waals surface area contributed by atoms with Crippen LogP contribution in [0.25, 0.3) is 0 Å². The molecule has 6 nitrogen and oxygen atoms in total. The van der Waals surface area contributed by atoms with Crippen LogP contribution in [0.5, 0.6) is 5.75 Å². The molecule has 0 saturated carbocycles. The van der Waals surface area contributed by atoms with Gasteiger partial charge in [0.25, 0.3) is 0 Å². The van der Waals surface area contributed by atoms with Crippen molar-refractivity contribution in [1.82, 2.24) is 4.31 Å². The quantitative estimate of drug-likeness (QED) is 0.852. The van der Waals surface area contributed by atoms with Gasteiger partial charge in [0.2, 0.25) is 10.0 Å². The lowest BCUT2D eigenvalue weighted by molar-refractivity contribution is -0.141. The smallest absolute Gasteiger partial charge is 0.322 e. The minimum absolute atomic E-state index is 0.0590. The summed E-state index contributed by atoms with van der Waals surface area (Å²) in [6.45, 7) is 3.58. The predicted octanol–water partition coefficient (Wildman–Crippen LogP) is 1.72. The van der Waals surface area contributed by atoms with Crippen LogP contribution in [0.15, 0.2) is 29.2 Å². The molecule has 1 aliphatic heterocycles. The van der Waals surface area contributed by atoms with Crippen molar-refractivity contribution in [3.05, 3.63) is 35.4 Å². The van der Waals surface area contributed by atoms with Crippen molar-refractivity contribution in [3.63, 3.8) is 0 Å². The maximum Gasteiger partial charge on any atom is 0.322 e. The van der Waals surface area contributed by atoms with Crippen LogP contribution >= 0.6 is 0 Å². The molecule has 1 N–H and O–H groups in total. The lowest BCUT2D eigenvalue weighted by Gasteiger charge is -2.29. The number of aryl methyl sites for hydroxylation is 2. The van der Waals surface area contributed by atoms with E-state index in [1.807, 2.05) is 0 Å². The van der Waals surface area contributed by atoms with Gasteiger partial charge >= 0.3 is 5.97 Å². The number of carboxylic acid groups (broad SMARTS) is 1. The Balaban J connectivity index is 2.50. The Hall–Kier alpha value is -1.86. The molecular weight excluding hydrogens is 306 g/mol. The van der Waals surface area contributed by atoms with Crippen molar-refractivity contribution in [1.29, 1.82) is 0 Å². The summed E-state index contributed by atoms with van der Waals surface area (Å²) in [4.78, 5) is 11.4. The summed E-state index contributed by atoms with van der Waals surface area (Å²) in [5.74, 6) is -0.512. The monoisotopic (exact) mass is 325 g/mol. The summed E-state index contributed by atoms with van der Waals surface area (Å²) in [7, 11) is -2.35. The molecule has 0 amide bonds. The first-order valence-electron chi connectivity index (χ1n) is 6.84. The third kappa shape index (κ3) is 2.86. The SMILES string of the molecule is COc1c(C)cc(S(=O)(=O)N2CC=CCC2C(=O)O)cc1C. The van der Waals surface area contributed by atoms with E-state index in [0.717, 1.165) is 4.31 Å². The summed E-state index contributed by atoms with van der Waals surface area (Å²) in [6.07, 6.45) is 3.53. The van der Waals surface area contributed by atoms with Crippen molar-refractivity contribution >= 4 is 16.0 Å². The van der Waals surface area contributed by atoms with Gasteiger partial charge in [0, 0.05) is 6.54 Å². The summed E-state index contributed by atoms with van der Waals surface area (Å²) >= 11 is 0. The molecule has 2 rings (SSSR count). The number of methoxy groups -OCH3 is 1. The second-order valence-electron chi connectivity index (χ2n) is 5.23. The van der Waals surface area contributed by atoms with Gasteiger partial charge in [0.15, 0.2) is 0 Å². The summed E-state index contributed by atoms with van der Waals surface area (Å²) < 4.78 is 31.8. The van der Waals surface area contributed by atoms with Gasteiger partial charge in [-0.1, -0.05) is 12.2 Å². The van der Waals surface area contributed by atoms with Crippen molar-refractivity contribution in [2.24, 2.45) is 0 Å². The van der Waals surface area contributed by atoms with Crippen molar-refractivity contribution in [2.75, 3.05) is 13.7 Å². The first-order chi connectivity index (χ1) is 10.3. The number of benzene rings is 1. The van der Waals surface area contributed by atoms with Crippen LogP contribution in [0.2, 0.25) is 0 Å². The van der Waals surface area contributed by atoms with Crippen LogP contribution in [0.4, 0.5) is 0 Å². The van der Waals surface area contributed by atoms with E-state index in [0.29, 0.717) is 16.9 Å². The average molecular weight is 325 g/mol. The molecule has 1 aromatic rings. The molecule has 0 bridgehead atoms. The van der Waals surface area contributed by atoms with E-state index >= 15 is 0 Å². The normalized spacial score (nSPS) is 19.1. The van der Waals surface area contributed by atoms with Crippen molar-refractivity contribution in [2.45, 2.75) is 31.2 Å². The minimum Gasteiger partial charge on any atom is -0.496 e. The lowest BCUT2D eigenvalue weighted by Crippen LogP contribution is -2.46. The highest BCUT2D eigenvalue weighted by atomic mass is 32.2. The number of hydrogen-bond donors (Lipinski definition) is 1.